The van der Waals surface area contributed by atoms with Gasteiger partial charge in [0.1, 0.15) is 5.82 Å². The van der Waals surface area contributed by atoms with Gasteiger partial charge in [-0.2, -0.15) is 0 Å². The van der Waals surface area contributed by atoms with Crippen LogP contribution in [0.3, 0.4) is 0 Å². The van der Waals surface area contributed by atoms with Gasteiger partial charge in [-0.05, 0) is 42.4 Å². The van der Waals surface area contributed by atoms with Gasteiger partial charge in [0.05, 0.1) is 0 Å². The van der Waals surface area contributed by atoms with Crippen LogP contribution < -0.4 is 15.9 Å². The van der Waals surface area contributed by atoms with Gasteiger partial charge >= 0.3 is 0 Å². The molecule has 104 valence electrons. The second-order valence-corrected chi connectivity index (χ2v) is 7.16. The summed E-state index contributed by atoms with van der Waals surface area (Å²) in [4.78, 5) is 0. The fraction of sp³-hybridized carbons (Fsp3) is 0.0526. The Kier molecular flexibility index (Phi) is 4.13. The minimum atomic E-state index is -0.715. The van der Waals surface area contributed by atoms with E-state index in [-0.39, 0.29) is 5.82 Å². The van der Waals surface area contributed by atoms with E-state index in [0.717, 1.165) is 5.30 Å². The topological polar surface area (TPSA) is 0 Å². The number of hydrogen-bond acceptors (Lipinski definition) is 0. The highest BCUT2D eigenvalue weighted by Gasteiger charge is 2.16. The third-order valence-corrected chi connectivity index (χ3v) is 5.87. The van der Waals surface area contributed by atoms with Crippen LogP contribution in [0.15, 0.2) is 78.9 Å². The van der Waals surface area contributed by atoms with Gasteiger partial charge in [0, 0.05) is 0 Å². The lowest BCUT2D eigenvalue weighted by atomic mass is 10.2. The molecule has 0 atom stereocenters. The molecular weight excluding hydrogens is 278 g/mol. The number of rotatable bonds is 3. The molecule has 0 aromatic heterocycles. The van der Waals surface area contributed by atoms with E-state index >= 15 is 0 Å². The van der Waals surface area contributed by atoms with E-state index in [1.807, 2.05) is 48.5 Å². The molecule has 0 spiro atoms. The van der Waals surface area contributed by atoms with E-state index in [2.05, 4.69) is 24.3 Å². The fourth-order valence-corrected chi connectivity index (χ4v) is 4.62. The number of hydrogen-bond donors (Lipinski definition) is 0. The van der Waals surface area contributed by atoms with Crippen LogP contribution in [0.1, 0.15) is 5.56 Å². The van der Waals surface area contributed by atoms with Gasteiger partial charge in [-0.25, -0.2) is 4.39 Å². The highest BCUT2D eigenvalue weighted by molar-refractivity contribution is 7.79. The van der Waals surface area contributed by atoms with Crippen molar-refractivity contribution >= 4 is 23.8 Å². The van der Waals surface area contributed by atoms with Crippen LogP contribution >= 0.6 is 7.92 Å². The van der Waals surface area contributed by atoms with Crippen molar-refractivity contribution in [1.29, 1.82) is 0 Å². The number of benzene rings is 3. The number of halogens is 1. The Morgan fingerprint density at radius 3 is 1.67 bits per heavy atom. The SMILES string of the molecule is Cc1ccc(P(c2ccccc2)c2ccccc2)cc1F. The largest absolute Gasteiger partial charge is 0.207 e. The van der Waals surface area contributed by atoms with Gasteiger partial charge in [-0.3, -0.25) is 0 Å². The summed E-state index contributed by atoms with van der Waals surface area (Å²) in [6, 6.07) is 26.3. The van der Waals surface area contributed by atoms with Crippen molar-refractivity contribution < 1.29 is 4.39 Å². The molecule has 3 aromatic rings. The van der Waals surface area contributed by atoms with Crippen LogP contribution in [0.25, 0.3) is 0 Å². The van der Waals surface area contributed by atoms with Crippen LogP contribution in [0.2, 0.25) is 0 Å². The van der Waals surface area contributed by atoms with E-state index < -0.39 is 7.92 Å². The van der Waals surface area contributed by atoms with Gasteiger partial charge in [-0.1, -0.05) is 72.8 Å². The van der Waals surface area contributed by atoms with E-state index in [1.165, 1.54) is 10.6 Å². The Morgan fingerprint density at radius 1 is 0.667 bits per heavy atom. The minimum Gasteiger partial charge on any atom is -0.207 e. The number of aryl methyl sites for hydroxylation is 1. The third-order valence-electron chi connectivity index (χ3n) is 3.44. The summed E-state index contributed by atoms with van der Waals surface area (Å²) in [5.41, 5.74) is 0.690. The molecule has 0 unspecified atom stereocenters. The highest BCUT2D eigenvalue weighted by atomic mass is 31.1. The normalized spacial score (nSPS) is 10.8. The smallest absolute Gasteiger partial charge is 0.126 e. The zero-order chi connectivity index (χ0) is 14.7. The standard InChI is InChI=1S/C19H16FP/c1-15-12-13-18(14-19(15)20)21(16-8-4-2-5-9-16)17-10-6-3-7-11-17/h2-14H,1H3. The molecule has 3 rings (SSSR count). The monoisotopic (exact) mass is 294 g/mol. The molecule has 0 aliphatic rings. The van der Waals surface area contributed by atoms with Crippen molar-refractivity contribution in [1.82, 2.24) is 0 Å². The molecule has 0 nitrogen and oxygen atoms in total. The van der Waals surface area contributed by atoms with Crippen molar-refractivity contribution in [2.75, 3.05) is 0 Å². The summed E-state index contributed by atoms with van der Waals surface area (Å²) in [5.74, 6) is -0.133. The molecule has 3 aromatic carbocycles. The molecule has 0 aliphatic carbocycles. The Morgan fingerprint density at radius 2 is 1.19 bits per heavy atom. The lowest BCUT2D eigenvalue weighted by Crippen LogP contribution is -2.20. The van der Waals surface area contributed by atoms with Crippen LogP contribution in [-0.4, -0.2) is 0 Å². The summed E-state index contributed by atoms with van der Waals surface area (Å²) in [6.45, 7) is 1.80. The lowest BCUT2D eigenvalue weighted by molar-refractivity contribution is 0.620. The molecule has 0 aliphatic heterocycles. The first-order valence-electron chi connectivity index (χ1n) is 6.92. The van der Waals surface area contributed by atoms with Crippen LogP contribution in [0.4, 0.5) is 4.39 Å². The second-order valence-electron chi connectivity index (χ2n) is 4.94. The summed E-state index contributed by atoms with van der Waals surface area (Å²) in [6.07, 6.45) is 0. The first-order chi connectivity index (χ1) is 10.3. The minimum absolute atomic E-state index is 0.133. The average molecular weight is 294 g/mol. The maximum Gasteiger partial charge on any atom is 0.126 e. The Labute approximate surface area is 126 Å². The molecule has 0 saturated heterocycles. The zero-order valence-corrected chi connectivity index (χ0v) is 12.7. The van der Waals surface area contributed by atoms with Crippen molar-refractivity contribution in [3.05, 3.63) is 90.2 Å². The van der Waals surface area contributed by atoms with Crippen molar-refractivity contribution in [2.24, 2.45) is 0 Å². The quantitative estimate of drug-likeness (QED) is 0.643. The summed E-state index contributed by atoms with van der Waals surface area (Å²) in [5, 5.41) is 3.52. The van der Waals surface area contributed by atoms with Gasteiger partial charge in [0.2, 0.25) is 0 Å². The summed E-state index contributed by atoms with van der Waals surface area (Å²) < 4.78 is 14.0. The molecule has 0 saturated carbocycles. The van der Waals surface area contributed by atoms with Crippen LogP contribution in [-0.2, 0) is 0 Å². The van der Waals surface area contributed by atoms with Gasteiger partial charge in [-0.15, -0.1) is 0 Å². The maximum absolute atomic E-state index is 14.0. The van der Waals surface area contributed by atoms with E-state index in [0.29, 0.717) is 5.56 Å². The Hall–Kier alpha value is -1.98. The molecular formula is C19H16FP. The molecule has 0 fully saturated rings. The predicted molar refractivity (Wildman–Crippen MR) is 89.8 cm³/mol. The molecule has 0 N–H and O–H groups in total. The second kappa shape index (κ2) is 6.20. The highest BCUT2D eigenvalue weighted by Crippen LogP contribution is 2.32. The molecule has 0 amide bonds. The zero-order valence-electron chi connectivity index (χ0n) is 11.8. The van der Waals surface area contributed by atoms with E-state index in [4.69, 9.17) is 0 Å². The Balaban J connectivity index is 2.14. The molecule has 2 heteroatoms. The predicted octanol–water partition coefficient (Wildman–Crippen LogP) is 3.89. The van der Waals surface area contributed by atoms with Gasteiger partial charge in [0.25, 0.3) is 0 Å². The molecule has 0 heterocycles. The van der Waals surface area contributed by atoms with Gasteiger partial charge in [0.15, 0.2) is 0 Å². The first kappa shape index (κ1) is 14.0. The third kappa shape index (κ3) is 3.04. The molecule has 0 bridgehead atoms. The Bertz CT molecular complexity index is 684. The maximum atomic E-state index is 14.0. The van der Waals surface area contributed by atoms with E-state index in [9.17, 15) is 4.39 Å². The van der Waals surface area contributed by atoms with E-state index in [1.54, 1.807) is 13.0 Å². The molecule has 0 radical (unpaired) electrons. The average Bonchev–Trinajstić information content (AvgIpc) is 2.53. The van der Waals surface area contributed by atoms with Crippen molar-refractivity contribution in [3.63, 3.8) is 0 Å². The van der Waals surface area contributed by atoms with Crippen molar-refractivity contribution in [2.45, 2.75) is 6.92 Å². The fourth-order valence-electron chi connectivity index (χ4n) is 2.32. The van der Waals surface area contributed by atoms with Gasteiger partial charge < -0.3 is 0 Å². The van der Waals surface area contributed by atoms with Crippen LogP contribution in [0.5, 0.6) is 0 Å². The summed E-state index contributed by atoms with van der Waals surface area (Å²) >= 11 is 0. The van der Waals surface area contributed by atoms with Crippen LogP contribution in [0, 0.1) is 12.7 Å². The lowest BCUT2D eigenvalue weighted by Gasteiger charge is -2.19. The molecule has 21 heavy (non-hydrogen) atoms. The van der Waals surface area contributed by atoms with Crippen molar-refractivity contribution in [3.8, 4) is 0 Å². The first-order valence-corrected chi connectivity index (χ1v) is 8.26. The summed E-state index contributed by atoms with van der Waals surface area (Å²) in [7, 11) is -0.715.